The van der Waals surface area contributed by atoms with Crippen LogP contribution in [0.5, 0.6) is 5.88 Å². The molecular weight excluding hydrogens is 420 g/mol. The monoisotopic (exact) mass is 428 g/mol. The van der Waals surface area contributed by atoms with Crippen LogP contribution in [0.4, 0.5) is 0 Å². The number of aromatic amines is 2. The second kappa shape index (κ2) is 6.02. The summed E-state index contributed by atoms with van der Waals surface area (Å²) in [6.07, 6.45) is 0.837. The molecule has 0 atom stereocenters. The molecule has 27 heavy (non-hydrogen) atoms. The number of aromatic hydroxyl groups is 1. The van der Waals surface area contributed by atoms with Crippen LogP contribution in [0.15, 0.2) is 49.5 Å². The van der Waals surface area contributed by atoms with Crippen molar-refractivity contribution in [3.8, 4) is 5.88 Å². The van der Waals surface area contributed by atoms with E-state index in [1.54, 1.807) is 30.3 Å². The van der Waals surface area contributed by atoms with Crippen molar-refractivity contribution in [2.45, 2.75) is 0 Å². The predicted molar refractivity (Wildman–Crippen MR) is 99.1 cm³/mol. The van der Waals surface area contributed by atoms with Crippen LogP contribution in [0.1, 0.15) is 26.3 Å². The summed E-state index contributed by atoms with van der Waals surface area (Å²) in [6, 6.07) is 8.29. The van der Waals surface area contributed by atoms with Gasteiger partial charge in [-0.15, -0.1) is 0 Å². The summed E-state index contributed by atoms with van der Waals surface area (Å²) in [5, 5.41) is 15.3. The SMILES string of the molecule is O=C1c2cccc3c(Br)ccc(c23)C(=O)N1N=Cc1c(O)[nH]c(=O)[nH]c1=O. The van der Waals surface area contributed by atoms with Gasteiger partial charge in [-0.05, 0) is 23.6 Å². The van der Waals surface area contributed by atoms with E-state index in [0.29, 0.717) is 15.8 Å². The van der Waals surface area contributed by atoms with E-state index in [4.69, 9.17) is 0 Å². The van der Waals surface area contributed by atoms with Crippen molar-refractivity contribution in [3.05, 3.63) is 72.3 Å². The largest absolute Gasteiger partial charge is 0.494 e. The molecule has 9 nitrogen and oxygen atoms in total. The molecule has 4 rings (SSSR count). The lowest BCUT2D eigenvalue weighted by molar-refractivity contribution is 0.0616. The first-order valence-corrected chi connectivity index (χ1v) is 8.37. The molecule has 3 aromatic rings. The summed E-state index contributed by atoms with van der Waals surface area (Å²) in [5.41, 5.74) is -1.65. The number of rotatable bonds is 2. The minimum atomic E-state index is -0.914. The summed E-state index contributed by atoms with van der Waals surface area (Å²) in [6.45, 7) is 0. The summed E-state index contributed by atoms with van der Waals surface area (Å²) in [4.78, 5) is 52.3. The van der Waals surface area contributed by atoms with Crippen molar-refractivity contribution >= 4 is 44.7 Å². The fourth-order valence-corrected chi connectivity index (χ4v) is 3.33. The summed E-state index contributed by atoms with van der Waals surface area (Å²) >= 11 is 3.40. The Morgan fingerprint density at radius 2 is 1.70 bits per heavy atom. The van der Waals surface area contributed by atoms with Gasteiger partial charge in [-0.2, -0.15) is 10.1 Å². The van der Waals surface area contributed by atoms with Crippen LogP contribution in [0.2, 0.25) is 0 Å². The quantitative estimate of drug-likeness (QED) is 0.417. The maximum Gasteiger partial charge on any atom is 0.328 e. The molecular formula is C17H9BrN4O5. The molecule has 0 bridgehead atoms. The van der Waals surface area contributed by atoms with Crippen LogP contribution in [-0.4, -0.2) is 38.1 Å². The molecule has 0 unspecified atom stereocenters. The number of halogens is 1. The maximum absolute atomic E-state index is 12.7. The highest BCUT2D eigenvalue weighted by molar-refractivity contribution is 9.10. The number of nitrogens with zero attached hydrogens (tertiary/aromatic N) is 2. The molecule has 0 saturated carbocycles. The number of imide groups is 1. The van der Waals surface area contributed by atoms with Gasteiger partial charge in [0.2, 0.25) is 5.88 Å². The molecule has 1 aliphatic heterocycles. The molecule has 0 radical (unpaired) electrons. The lowest BCUT2D eigenvalue weighted by Crippen LogP contribution is -2.36. The third-order valence-corrected chi connectivity index (χ3v) is 4.79. The Morgan fingerprint density at radius 1 is 1.00 bits per heavy atom. The number of benzene rings is 2. The maximum atomic E-state index is 12.7. The van der Waals surface area contributed by atoms with Crippen LogP contribution < -0.4 is 11.2 Å². The summed E-state index contributed by atoms with van der Waals surface area (Å²) in [7, 11) is 0. The average molecular weight is 429 g/mol. The number of hydrogen-bond donors (Lipinski definition) is 3. The van der Waals surface area contributed by atoms with E-state index in [0.717, 1.165) is 10.7 Å². The first kappa shape index (κ1) is 16.9. The van der Waals surface area contributed by atoms with E-state index in [1.165, 1.54) is 0 Å². The van der Waals surface area contributed by atoms with E-state index >= 15 is 0 Å². The van der Waals surface area contributed by atoms with Crippen LogP contribution in [0.3, 0.4) is 0 Å². The smallest absolute Gasteiger partial charge is 0.328 e. The third-order valence-electron chi connectivity index (χ3n) is 4.09. The lowest BCUT2D eigenvalue weighted by Gasteiger charge is -2.23. The standard InChI is InChI=1S/C17H9BrN4O5/c18-11-5-4-9-12-7(11)2-1-3-8(12)15(25)22(16(9)26)19-6-10-13(23)20-17(27)21-14(10)24/h1-6H,(H3,20,21,23,24,27). The molecule has 2 amide bonds. The molecule has 134 valence electrons. The molecule has 0 aliphatic carbocycles. The van der Waals surface area contributed by atoms with E-state index in [9.17, 15) is 24.3 Å². The van der Waals surface area contributed by atoms with Crippen LogP contribution >= 0.6 is 15.9 Å². The Balaban J connectivity index is 1.84. The molecule has 1 aliphatic rings. The second-order valence-electron chi connectivity index (χ2n) is 5.66. The van der Waals surface area contributed by atoms with Crippen LogP contribution in [-0.2, 0) is 0 Å². The Morgan fingerprint density at radius 3 is 2.41 bits per heavy atom. The molecule has 10 heteroatoms. The third kappa shape index (κ3) is 2.57. The lowest BCUT2D eigenvalue weighted by atomic mass is 9.95. The molecule has 3 N–H and O–H groups in total. The number of hydrogen-bond acceptors (Lipinski definition) is 6. The number of hydrazone groups is 1. The molecule has 2 heterocycles. The van der Waals surface area contributed by atoms with E-state index in [-0.39, 0.29) is 11.1 Å². The number of amides is 2. The van der Waals surface area contributed by atoms with Gasteiger partial charge in [0.1, 0.15) is 5.56 Å². The summed E-state index contributed by atoms with van der Waals surface area (Å²) < 4.78 is 0.741. The number of carbonyl (C=O) groups is 2. The Labute approximate surface area is 158 Å². The van der Waals surface area contributed by atoms with Crippen molar-refractivity contribution < 1.29 is 14.7 Å². The molecule has 0 fully saturated rings. The zero-order chi connectivity index (χ0) is 19.3. The minimum Gasteiger partial charge on any atom is -0.494 e. The van der Waals surface area contributed by atoms with Gasteiger partial charge in [0.15, 0.2) is 0 Å². The molecule has 2 aromatic carbocycles. The normalized spacial score (nSPS) is 13.7. The van der Waals surface area contributed by atoms with Gasteiger partial charge in [-0.25, -0.2) is 4.79 Å². The van der Waals surface area contributed by atoms with Gasteiger partial charge in [-0.3, -0.25) is 24.4 Å². The molecule has 1 aromatic heterocycles. The van der Waals surface area contributed by atoms with E-state index in [2.05, 4.69) is 21.0 Å². The first-order valence-electron chi connectivity index (χ1n) is 7.58. The number of H-pyrrole nitrogens is 2. The highest BCUT2D eigenvalue weighted by atomic mass is 79.9. The van der Waals surface area contributed by atoms with Crippen LogP contribution in [0.25, 0.3) is 10.8 Å². The average Bonchev–Trinajstić information content (AvgIpc) is 2.62. The van der Waals surface area contributed by atoms with Gasteiger partial charge in [0, 0.05) is 9.86 Å². The number of carbonyl (C=O) groups excluding carboxylic acids is 2. The van der Waals surface area contributed by atoms with Gasteiger partial charge in [0.05, 0.1) is 17.3 Å². The highest BCUT2D eigenvalue weighted by Crippen LogP contribution is 2.34. The minimum absolute atomic E-state index is 0.278. The highest BCUT2D eigenvalue weighted by Gasteiger charge is 2.33. The number of aromatic nitrogens is 2. The van der Waals surface area contributed by atoms with Gasteiger partial charge >= 0.3 is 5.69 Å². The number of nitrogens with one attached hydrogen (secondary N) is 2. The van der Waals surface area contributed by atoms with Gasteiger partial charge < -0.3 is 5.11 Å². The van der Waals surface area contributed by atoms with Crippen molar-refractivity contribution in [3.63, 3.8) is 0 Å². The molecule has 0 saturated heterocycles. The van der Waals surface area contributed by atoms with Gasteiger partial charge in [0.25, 0.3) is 17.4 Å². The van der Waals surface area contributed by atoms with Crippen molar-refractivity contribution in [1.29, 1.82) is 0 Å². The van der Waals surface area contributed by atoms with E-state index in [1.807, 2.05) is 9.97 Å². The van der Waals surface area contributed by atoms with Crippen molar-refractivity contribution in [2.24, 2.45) is 5.10 Å². The topological polar surface area (TPSA) is 136 Å². The van der Waals surface area contributed by atoms with Crippen LogP contribution in [0, 0.1) is 0 Å². The first-order chi connectivity index (χ1) is 12.9. The second-order valence-corrected chi connectivity index (χ2v) is 6.51. The Kier molecular flexibility index (Phi) is 3.77. The van der Waals surface area contributed by atoms with Crippen molar-refractivity contribution in [2.75, 3.05) is 0 Å². The van der Waals surface area contributed by atoms with Gasteiger partial charge in [-0.1, -0.05) is 28.1 Å². The fourth-order valence-electron chi connectivity index (χ4n) is 2.87. The fraction of sp³-hybridized carbons (Fsp3) is 0. The Hall–Kier alpha value is -3.53. The predicted octanol–water partition coefficient (Wildman–Crippen LogP) is 1.31. The Bertz CT molecular complexity index is 1270. The van der Waals surface area contributed by atoms with E-state index < -0.39 is 34.5 Å². The molecule has 0 spiro atoms. The summed E-state index contributed by atoms with van der Waals surface area (Å²) in [5.74, 6) is -2.07. The zero-order valence-electron chi connectivity index (χ0n) is 13.3. The zero-order valence-corrected chi connectivity index (χ0v) is 14.9. The van der Waals surface area contributed by atoms with Crippen molar-refractivity contribution in [1.82, 2.24) is 15.0 Å².